The Morgan fingerprint density at radius 2 is 1.91 bits per heavy atom. The SMILES string of the molecule is CN(c1ccc(NC(=O)c2nc(N3CCCC3)oc2CC(F)(F)F)cc1F)C1CC2CC2C1. The first-order chi connectivity index (χ1) is 15.7. The number of rotatable bonds is 6. The Morgan fingerprint density at radius 3 is 2.55 bits per heavy atom. The number of oxazole rings is 1. The zero-order chi connectivity index (χ0) is 23.3. The number of anilines is 3. The highest BCUT2D eigenvalue weighted by molar-refractivity contribution is 6.03. The van der Waals surface area contributed by atoms with Gasteiger partial charge in [0.2, 0.25) is 0 Å². The van der Waals surface area contributed by atoms with E-state index in [9.17, 15) is 22.4 Å². The summed E-state index contributed by atoms with van der Waals surface area (Å²) < 4.78 is 59.3. The molecule has 2 saturated carbocycles. The molecule has 2 heterocycles. The average molecular weight is 466 g/mol. The zero-order valence-corrected chi connectivity index (χ0v) is 18.3. The Bertz CT molecular complexity index is 1040. The maximum atomic E-state index is 14.8. The smallest absolute Gasteiger partial charge is 0.396 e. The highest BCUT2D eigenvalue weighted by Gasteiger charge is 2.47. The molecule has 1 N–H and O–H groups in total. The summed E-state index contributed by atoms with van der Waals surface area (Å²) in [5.41, 5.74) is 0.156. The summed E-state index contributed by atoms with van der Waals surface area (Å²) in [4.78, 5) is 20.5. The molecular formula is C23H26F4N4O2. The van der Waals surface area contributed by atoms with Crippen molar-refractivity contribution in [2.24, 2.45) is 11.8 Å². The molecule has 1 saturated heterocycles. The number of amides is 1. The number of alkyl halides is 3. The molecule has 2 aliphatic carbocycles. The van der Waals surface area contributed by atoms with Gasteiger partial charge in [-0.1, -0.05) is 0 Å². The fourth-order valence-corrected chi connectivity index (χ4v) is 5.12. The molecule has 0 bridgehead atoms. The summed E-state index contributed by atoms with van der Waals surface area (Å²) in [7, 11) is 1.87. The van der Waals surface area contributed by atoms with Crippen LogP contribution >= 0.6 is 0 Å². The van der Waals surface area contributed by atoms with Crippen LogP contribution in [0.15, 0.2) is 22.6 Å². The fourth-order valence-electron chi connectivity index (χ4n) is 5.12. The molecule has 33 heavy (non-hydrogen) atoms. The maximum Gasteiger partial charge on any atom is 0.396 e. The van der Waals surface area contributed by atoms with Gasteiger partial charge in [0.15, 0.2) is 5.69 Å². The van der Waals surface area contributed by atoms with E-state index in [1.165, 1.54) is 12.5 Å². The van der Waals surface area contributed by atoms with Gasteiger partial charge in [0.25, 0.3) is 11.9 Å². The van der Waals surface area contributed by atoms with Gasteiger partial charge in [0.05, 0.1) is 5.69 Å². The van der Waals surface area contributed by atoms with E-state index in [2.05, 4.69) is 10.3 Å². The van der Waals surface area contributed by atoms with E-state index in [1.54, 1.807) is 17.0 Å². The number of hydrogen-bond acceptors (Lipinski definition) is 5. The van der Waals surface area contributed by atoms with Gasteiger partial charge >= 0.3 is 6.18 Å². The van der Waals surface area contributed by atoms with Gasteiger partial charge in [-0.15, -0.1) is 0 Å². The van der Waals surface area contributed by atoms with E-state index in [0.717, 1.165) is 37.5 Å². The molecule has 3 aliphatic rings. The lowest BCUT2D eigenvalue weighted by molar-refractivity contribution is -0.130. The van der Waals surface area contributed by atoms with Crippen molar-refractivity contribution in [2.75, 3.05) is 35.3 Å². The monoisotopic (exact) mass is 466 g/mol. The van der Waals surface area contributed by atoms with Gasteiger partial charge in [-0.25, -0.2) is 4.39 Å². The van der Waals surface area contributed by atoms with Gasteiger partial charge in [-0.3, -0.25) is 4.79 Å². The van der Waals surface area contributed by atoms with Crippen LogP contribution in [0.2, 0.25) is 0 Å². The Kier molecular flexibility index (Phi) is 5.49. The lowest BCUT2D eigenvalue weighted by Gasteiger charge is -2.28. The molecule has 1 amide bonds. The first kappa shape index (κ1) is 22.0. The number of carbonyl (C=O) groups excluding carboxylic acids is 1. The number of carbonyl (C=O) groups is 1. The molecule has 2 aromatic rings. The first-order valence-corrected chi connectivity index (χ1v) is 11.3. The molecule has 178 valence electrons. The molecule has 2 atom stereocenters. The minimum absolute atomic E-state index is 0.00895. The van der Waals surface area contributed by atoms with E-state index in [0.29, 0.717) is 24.8 Å². The number of nitrogens with zero attached hydrogens (tertiary/aromatic N) is 3. The summed E-state index contributed by atoms with van der Waals surface area (Å²) in [6, 6.07) is 4.63. The second-order valence-corrected chi connectivity index (χ2v) is 9.37. The van der Waals surface area contributed by atoms with Gasteiger partial charge < -0.3 is 19.5 Å². The minimum Gasteiger partial charge on any atom is -0.427 e. The Hall–Kier alpha value is -2.78. The van der Waals surface area contributed by atoms with Crippen molar-refractivity contribution < 1.29 is 26.8 Å². The third kappa shape index (κ3) is 4.65. The molecule has 6 nitrogen and oxygen atoms in total. The molecule has 3 fully saturated rings. The van der Waals surface area contributed by atoms with Crippen LogP contribution in [0.1, 0.15) is 48.4 Å². The number of benzene rings is 1. The van der Waals surface area contributed by atoms with Crippen LogP contribution < -0.4 is 15.1 Å². The van der Waals surface area contributed by atoms with Gasteiger partial charge in [-0.2, -0.15) is 18.2 Å². The summed E-state index contributed by atoms with van der Waals surface area (Å²) in [6.45, 7) is 1.21. The van der Waals surface area contributed by atoms with Crippen molar-refractivity contribution in [2.45, 2.75) is 50.7 Å². The standard InChI is InChI=1S/C23H26F4N4O2/c1-30(16-9-13-8-14(13)10-16)18-5-4-15(11-17(18)24)28-21(32)20-19(12-23(25,26)27)33-22(29-20)31-6-2-3-7-31/h4-5,11,13-14,16H,2-3,6-10,12H2,1H3,(H,28,32). The van der Waals surface area contributed by atoms with Crippen molar-refractivity contribution >= 4 is 23.3 Å². The largest absolute Gasteiger partial charge is 0.427 e. The first-order valence-electron chi connectivity index (χ1n) is 11.3. The van der Waals surface area contributed by atoms with E-state index >= 15 is 0 Å². The summed E-state index contributed by atoms with van der Waals surface area (Å²) >= 11 is 0. The molecule has 1 aromatic heterocycles. The Balaban J connectivity index is 1.32. The second kappa shape index (κ2) is 8.22. The van der Waals surface area contributed by atoms with Crippen molar-refractivity contribution in [1.29, 1.82) is 0 Å². The van der Waals surface area contributed by atoms with Crippen LogP contribution in [-0.4, -0.2) is 43.2 Å². The quantitative estimate of drug-likeness (QED) is 0.607. The van der Waals surface area contributed by atoms with E-state index in [-0.39, 0.29) is 11.7 Å². The molecule has 1 aromatic carbocycles. The lowest BCUT2D eigenvalue weighted by Crippen LogP contribution is -2.31. The van der Waals surface area contributed by atoms with Crippen LogP contribution in [0.25, 0.3) is 0 Å². The molecule has 1 aliphatic heterocycles. The molecular weight excluding hydrogens is 440 g/mol. The number of nitrogens with one attached hydrogen (secondary N) is 1. The summed E-state index contributed by atoms with van der Waals surface area (Å²) in [5, 5.41) is 2.47. The predicted octanol–water partition coefficient (Wildman–Crippen LogP) is 5.01. The van der Waals surface area contributed by atoms with Gasteiger partial charge in [0.1, 0.15) is 18.0 Å². The van der Waals surface area contributed by atoms with E-state index in [1.807, 2.05) is 11.9 Å². The fraction of sp³-hybridized carbons (Fsp3) is 0.565. The number of hydrogen-bond donors (Lipinski definition) is 1. The second-order valence-electron chi connectivity index (χ2n) is 9.37. The van der Waals surface area contributed by atoms with E-state index < -0.39 is 35.8 Å². The van der Waals surface area contributed by atoms with Crippen LogP contribution in [-0.2, 0) is 6.42 Å². The molecule has 10 heteroatoms. The molecule has 5 rings (SSSR count). The molecule has 2 unspecified atom stereocenters. The normalized spacial score (nSPS) is 24.2. The topological polar surface area (TPSA) is 61.6 Å². The third-order valence-electron chi connectivity index (χ3n) is 6.99. The summed E-state index contributed by atoms with van der Waals surface area (Å²) in [6.07, 6.45) is -0.815. The third-order valence-corrected chi connectivity index (χ3v) is 6.99. The maximum absolute atomic E-state index is 14.8. The van der Waals surface area contributed by atoms with Crippen LogP contribution in [0.4, 0.5) is 35.0 Å². The van der Waals surface area contributed by atoms with Crippen molar-refractivity contribution in [3.63, 3.8) is 0 Å². The summed E-state index contributed by atoms with van der Waals surface area (Å²) in [5.74, 6) is -0.376. The zero-order valence-electron chi connectivity index (χ0n) is 18.3. The minimum atomic E-state index is -4.56. The average Bonchev–Trinajstić information content (AvgIpc) is 3.16. The number of halogens is 4. The van der Waals surface area contributed by atoms with Gasteiger partial charge in [-0.05, 0) is 62.1 Å². The highest BCUT2D eigenvalue weighted by atomic mass is 19.4. The Morgan fingerprint density at radius 1 is 1.21 bits per heavy atom. The van der Waals surface area contributed by atoms with Crippen LogP contribution in [0.3, 0.4) is 0 Å². The predicted molar refractivity (Wildman–Crippen MR) is 115 cm³/mol. The number of aromatic nitrogens is 1. The number of fused-ring (bicyclic) bond motifs is 1. The lowest BCUT2D eigenvalue weighted by atomic mass is 10.1. The van der Waals surface area contributed by atoms with Crippen molar-refractivity contribution in [3.8, 4) is 0 Å². The Labute approximate surface area is 188 Å². The molecule has 0 radical (unpaired) electrons. The van der Waals surface area contributed by atoms with Crippen LogP contribution in [0.5, 0.6) is 0 Å². The highest BCUT2D eigenvalue weighted by Crippen LogP contribution is 2.53. The molecule has 0 spiro atoms. The van der Waals surface area contributed by atoms with Crippen molar-refractivity contribution in [1.82, 2.24) is 4.98 Å². The van der Waals surface area contributed by atoms with Crippen LogP contribution in [0, 0.1) is 17.7 Å². The van der Waals surface area contributed by atoms with Gasteiger partial charge in [0, 0.05) is 31.9 Å². The van der Waals surface area contributed by atoms with E-state index in [4.69, 9.17) is 4.42 Å². The van der Waals surface area contributed by atoms with Crippen molar-refractivity contribution in [3.05, 3.63) is 35.5 Å².